The van der Waals surface area contributed by atoms with Gasteiger partial charge in [-0.1, -0.05) is 26.0 Å². The van der Waals surface area contributed by atoms with Gasteiger partial charge in [-0.15, -0.1) is 11.6 Å². The number of nitrogens with zero attached hydrogens (tertiary/aromatic N) is 2. The summed E-state index contributed by atoms with van der Waals surface area (Å²) in [5, 5.41) is 11.5. The summed E-state index contributed by atoms with van der Waals surface area (Å²) in [4.78, 5) is 10.6. The van der Waals surface area contributed by atoms with Gasteiger partial charge in [-0.25, -0.2) is 12.4 Å². The molecule has 0 unspecified atom stereocenters. The van der Waals surface area contributed by atoms with Crippen LogP contribution in [0.3, 0.4) is 0 Å². The Bertz CT molecular complexity index is 1090. The van der Waals surface area contributed by atoms with Gasteiger partial charge in [-0.05, 0) is 35.2 Å². The third kappa shape index (κ3) is 3.08. The molecule has 0 spiro atoms. The highest BCUT2D eigenvalue weighted by atomic mass is 35.5. The Morgan fingerprint density at radius 3 is 2.35 bits per heavy atom. The fraction of sp³-hybridized carbons (Fsp3) is 0.222. The lowest BCUT2D eigenvalue weighted by Gasteiger charge is -2.10. The van der Waals surface area contributed by atoms with E-state index >= 15 is 0 Å². The summed E-state index contributed by atoms with van der Waals surface area (Å²) in [7, 11) is -3.84. The van der Waals surface area contributed by atoms with Crippen LogP contribution in [0.2, 0.25) is 0 Å². The van der Waals surface area contributed by atoms with Crippen LogP contribution < -0.4 is 0 Å². The minimum atomic E-state index is -3.84. The van der Waals surface area contributed by atoms with E-state index in [1.54, 1.807) is 24.3 Å². The number of benzene rings is 2. The van der Waals surface area contributed by atoms with Crippen LogP contribution in [0.1, 0.15) is 30.9 Å². The molecule has 0 bridgehead atoms. The van der Waals surface area contributed by atoms with E-state index in [9.17, 15) is 18.5 Å². The first-order chi connectivity index (χ1) is 12.3. The average molecular weight is 393 g/mol. The van der Waals surface area contributed by atoms with Crippen molar-refractivity contribution in [2.45, 2.75) is 30.5 Å². The maximum absolute atomic E-state index is 13.1. The lowest BCUT2D eigenvalue weighted by Crippen LogP contribution is -2.12. The first-order valence-electron chi connectivity index (χ1n) is 7.95. The summed E-state index contributed by atoms with van der Waals surface area (Å²) < 4.78 is 27.3. The van der Waals surface area contributed by atoms with Crippen molar-refractivity contribution in [3.05, 3.63) is 69.9 Å². The van der Waals surface area contributed by atoms with Gasteiger partial charge >= 0.3 is 0 Å². The van der Waals surface area contributed by atoms with Gasteiger partial charge in [-0.3, -0.25) is 10.1 Å². The van der Waals surface area contributed by atoms with Gasteiger partial charge in [0, 0.05) is 29.6 Å². The summed E-state index contributed by atoms with van der Waals surface area (Å²) in [5.41, 5.74) is 1.81. The molecule has 8 heteroatoms. The second-order valence-electron chi connectivity index (χ2n) is 6.27. The molecule has 0 N–H and O–H groups in total. The van der Waals surface area contributed by atoms with Crippen molar-refractivity contribution in [3.8, 4) is 0 Å². The van der Waals surface area contributed by atoms with Crippen LogP contribution in [0.5, 0.6) is 0 Å². The van der Waals surface area contributed by atoms with E-state index in [-0.39, 0.29) is 16.5 Å². The Labute approximate surface area is 156 Å². The molecular weight excluding hydrogens is 376 g/mol. The maximum Gasteiger partial charge on any atom is 0.270 e. The highest BCUT2D eigenvalue weighted by molar-refractivity contribution is 7.90. The second-order valence-corrected chi connectivity index (χ2v) is 8.35. The minimum absolute atomic E-state index is 0.0481. The standard InChI is InChI=1S/C18H17ClN2O4S/c1-12(2)13-3-6-16(7-4-13)26(24,25)20-11-14(10-19)17-9-15(21(22)23)5-8-18(17)20/h3-9,11-12H,10H2,1-2H3. The van der Waals surface area contributed by atoms with Gasteiger partial charge < -0.3 is 0 Å². The van der Waals surface area contributed by atoms with Crippen LogP contribution in [-0.4, -0.2) is 17.3 Å². The number of non-ortho nitro benzene ring substituents is 1. The van der Waals surface area contributed by atoms with Crippen molar-refractivity contribution in [1.29, 1.82) is 0 Å². The molecular formula is C18H17ClN2O4S. The van der Waals surface area contributed by atoms with E-state index < -0.39 is 14.9 Å². The molecule has 3 aromatic rings. The van der Waals surface area contributed by atoms with Crippen LogP contribution in [0.25, 0.3) is 10.9 Å². The zero-order valence-electron chi connectivity index (χ0n) is 14.2. The average Bonchev–Trinajstić information content (AvgIpc) is 3.00. The Morgan fingerprint density at radius 2 is 1.81 bits per heavy atom. The molecule has 0 saturated heterocycles. The monoisotopic (exact) mass is 392 g/mol. The number of nitro groups is 1. The Hall–Kier alpha value is -2.38. The number of rotatable bonds is 5. The van der Waals surface area contributed by atoms with Crippen LogP contribution >= 0.6 is 11.6 Å². The molecule has 6 nitrogen and oxygen atoms in total. The van der Waals surface area contributed by atoms with E-state index in [1.807, 2.05) is 13.8 Å². The Kier molecular flexibility index (Phi) is 4.77. The van der Waals surface area contributed by atoms with Gasteiger partial charge in [0.15, 0.2) is 0 Å². The zero-order chi connectivity index (χ0) is 19.1. The van der Waals surface area contributed by atoms with Crippen molar-refractivity contribution in [2.24, 2.45) is 0 Å². The van der Waals surface area contributed by atoms with E-state index in [1.165, 1.54) is 24.4 Å². The van der Waals surface area contributed by atoms with Crippen molar-refractivity contribution in [2.75, 3.05) is 0 Å². The lowest BCUT2D eigenvalue weighted by molar-refractivity contribution is -0.384. The van der Waals surface area contributed by atoms with Gasteiger partial charge in [0.2, 0.25) is 0 Å². The van der Waals surface area contributed by atoms with E-state index in [2.05, 4.69) is 0 Å². The minimum Gasteiger partial charge on any atom is -0.258 e. The fourth-order valence-electron chi connectivity index (χ4n) is 2.81. The van der Waals surface area contributed by atoms with Crippen LogP contribution in [-0.2, 0) is 15.9 Å². The number of fused-ring (bicyclic) bond motifs is 1. The molecule has 1 aromatic heterocycles. The number of nitro benzene ring substituents is 1. The molecule has 0 amide bonds. The first-order valence-corrected chi connectivity index (χ1v) is 9.93. The van der Waals surface area contributed by atoms with Gasteiger partial charge in [0.1, 0.15) is 0 Å². The number of alkyl halides is 1. The highest BCUT2D eigenvalue weighted by Crippen LogP contribution is 2.30. The third-order valence-electron chi connectivity index (χ3n) is 4.29. The molecule has 1 heterocycles. The molecule has 0 radical (unpaired) electrons. The number of aromatic nitrogens is 1. The second kappa shape index (κ2) is 6.74. The van der Waals surface area contributed by atoms with Crippen LogP contribution in [0, 0.1) is 10.1 Å². The smallest absolute Gasteiger partial charge is 0.258 e. The first kappa shape index (κ1) is 18.4. The van der Waals surface area contributed by atoms with Gasteiger partial charge in [-0.2, -0.15) is 0 Å². The fourth-order valence-corrected chi connectivity index (χ4v) is 4.42. The van der Waals surface area contributed by atoms with Crippen molar-refractivity contribution in [1.82, 2.24) is 3.97 Å². The zero-order valence-corrected chi connectivity index (χ0v) is 15.8. The van der Waals surface area contributed by atoms with E-state index in [0.29, 0.717) is 22.4 Å². The van der Waals surface area contributed by atoms with Crippen molar-refractivity contribution < 1.29 is 13.3 Å². The number of hydrogen-bond donors (Lipinski definition) is 0. The number of hydrogen-bond acceptors (Lipinski definition) is 4. The predicted octanol–water partition coefficient (Wildman–Crippen LogP) is 4.65. The molecule has 2 aromatic carbocycles. The molecule has 3 rings (SSSR count). The normalized spacial score (nSPS) is 12.0. The molecule has 0 fully saturated rings. The van der Waals surface area contributed by atoms with E-state index in [0.717, 1.165) is 9.54 Å². The largest absolute Gasteiger partial charge is 0.270 e. The lowest BCUT2D eigenvalue weighted by atomic mass is 10.0. The highest BCUT2D eigenvalue weighted by Gasteiger charge is 2.22. The summed E-state index contributed by atoms with van der Waals surface area (Å²) in [5.74, 6) is 0.342. The summed E-state index contributed by atoms with van der Waals surface area (Å²) >= 11 is 5.92. The Balaban J connectivity index is 2.18. The van der Waals surface area contributed by atoms with Crippen LogP contribution in [0.15, 0.2) is 53.6 Å². The quantitative estimate of drug-likeness (QED) is 0.359. The molecule has 0 aliphatic heterocycles. The SMILES string of the molecule is CC(C)c1ccc(S(=O)(=O)n2cc(CCl)c3cc([N+](=O)[O-])ccc32)cc1. The third-order valence-corrected chi connectivity index (χ3v) is 6.27. The van der Waals surface area contributed by atoms with E-state index in [4.69, 9.17) is 11.6 Å². The summed E-state index contributed by atoms with van der Waals surface area (Å²) in [6.07, 6.45) is 1.42. The maximum atomic E-state index is 13.1. The van der Waals surface area contributed by atoms with Crippen molar-refractivity contribution in [3.63, 3.8) is 0 Å². The molecule has 26 heavy (non-hydrogen) atoms. The van der Waals surface area contributed by atoms with Gasteiger partial charge in [0.05, 0.1) is 15.3 Å². The molecule has 0 saturated carbocycles. The van der Waals surface area contributed by atoms with Gasteiger partial charge in [0.25, 0.3) is 15.7 Å². The molecule has 0 atom stereocenters. The molecule has 0 aliphatic rings. The topological polar surface area (TPSA) is 82.2 Å². The molecule has 136 valence electrons. The van der Waals surface area contributed by atoms with Crippen molar-refractivity contribution >= 4 is 38.2 Å². The molecule has 0 aliphatic carbocycles. The Morgan fingerprint density at radius 1 is 1.15 bits per heavy atom. The number of halogens is 1. The summed E-state index contributed by atoms with van der Waals surface area (Å²) in [6, 6.07) is 10.8. The predicted molar refractivity (Wildman–Crippen MR) is 101 cm³/mol. The van der Waals surface area contributed by atoms with Crippen LogP contribution in [0.4, 0.5) is 5.69 Å². The summed E-state index contributed by atoms with van der Waals surface area (Å²) in [6.45, 7) is 4.06.